The first-order chi connectivity index (χ1) is 9.56. The molecular weight excluding hydrogens is 363 g/mol. The van der Waals surface area contributed by atoms with E-state index in [1.54, 1.807) is 17.4 Å². The summed E-state index contributed by atoms with van der Waals surface area (Å²) in [6.07, 6.45) is 0. The molecule has 0 fully saturated rings. The van der Waals surface area contributed by atoms with Gasteiger partial charge in [0.05, 0.1) is 23.0 Å². The Hall–Kier alpha value is -0.910. The fourth-order valence-corrected chi connectivity index (χ4v) is 3.81. The summed E-state index contributed by atoms with van der Waals surface area (Å²) < 4.78 is 16.4. The lowest BCUT2D eigenvalue weighted by Crippen LogP contribution is -2.05. The van der Waals surface area contributed by atoms with Gasteiger partial charge in [-0.05, 0) is 46.4 Å². The first-order valence-electron chi connectivity index (χ1n) is 6.08. The molecule has 1 atom stereocenters. The number of imidazole rings is 1. The smallest absolute Gasteiger partial charge is 0.128 e. The molecule has 0 radical (unpaired) electrons. The summed E-state index contributed by atoms with van der Waals surface area (Å²) in [5.74, 6) is 0.473. The van der Waals surface area contributed by atoms with Gasteiger partial charge < -0.3 is 4.57 Å². The predicted octanol–water partition coefficient (Wildman–Crippen LogP) is 5.35. The lowest BCUT2D eigenvalue weighted by molar-refractivity contribution is 0.629. The predicted molar refractivity (Wildman–Crippen MR) is 85.1 cm³/mol. The number of hydrogen-bond donors (Lipinski definition) is 0. The minimum Gasteiger partial charge on any atom is -0.321 e. The Balaban J connectivity index is 2.16. The molecule has 0 aliphatic heterocycles. The Kier molecular flexibility index (Phi) is 3.84. The number of rotatable bonds is 3. The molecule has 0 saturated heterocycles. The second-order valence-corrected chi connectivity index (χ2v) is 7.01. The van der Waals surface area contributed by atoms with Crippen molar-refractivity contribution in [3.63, 3.8) is 0 Å². The van der Waals surface area contributed by atoms with E-state index in [-0.39, 0.29) is 11.2 Å². The molecule has 104 valence electrons. The van der Waals surface area contributed by atoms with Crippen LogP contribution in [-0.2, 0) is 6.54 Å². The molecule has 3 aromatic rings. The van der Waals surface area contributed by atoms with E-state index in [9.17, 15) is 4.39 Å². The third-order valence-corrected chi connectivity index (χ3v) is 5.19. The number of benzene rings is 1. The van der Waals surface area contributed by atoms with Crippen LogP contribution in [0.15, 0.2) is 34.1 Å². The van der Waals surface area contributed by atoms with Crippen molar-refractivity contribution in [1.82, 2.24) is 9.55 Å². The minimum atomic E-state index is -0.284. The van der Waals surface area contributed by atoms with Gasteiger partial charge in [0.25, 0.3) is 0 Å². The summed E-state index contributed by atoms with van der Waals surface area (Å²) in [5, 5.41) is 1.80. The lowest BCUT2D eigenvalue weighted by Gasteiger charge is -2.09. The van der Waals surface area contributed by atoms with Crippen LogP contribution in [0.4, 0.5) is 4.39 Å². The zero-order valence-corrected chi connectivity index (χ0v) is 13.8. The van der Waals surface area contributed by atoms with Crippen molar-refractivity contribution < 1.29 is 4.39 Å². The maximum atomic E-state index is 13.3. The zero-order valence-electron chi connectivity index (χ0n) is 10.6. The Morgan fingerprint density at radius 1 is 1.45 bits per heavy atom. The Bertz CT molecular complexity index is 766. The summed E-state index contributed by atoms with van der Waals surface area (Å²) in [7, 11) is 0. The number of nitrogens with zero attached hydrogens (tertiary/aromatic N) is 2. The van der Waals surface area contributed by atoms with Gasteiger partial charge in [-0.15, -0.1) is 22.9 Å². The molecule has 0 bridgehead atoms. The Morgan fingerprint density at radius 2 is 2.25 bits per heavy atom. The monoisotopic (exact) mass is 372 g/mol. The Labute approximate surface area is 133 Å². The second kappa shape index (κ2) is 5.47. The third kappa shape index (κ3) is 2.50. The van der Waals surface area contributed by atoms with E-state index in [1.807, 2.05) is 22.9 Å². The number of alkyl halides is 1. The number of fused-ring (bicyclic) bond motifs is 1. The first-order valence-corrected chi connectivity index (χ1v) is 8.19. The molecular formula is C14H11BrClFN2S. The molecule has 0 aliphatic rings. The standard InChI is InChI=1S/C14H11BrClFN2S/c1-8(16)14-18-11-6-9(17)2-3-12(11)19(14)7-13-10(15)4-5-20-13/h2-6,8H,7H2,1H3. The van der Waals surface area contributed by atoms with E-state index < -0.39 is 0 Å². The molecule has 6 heteroatoms. The van der Waals surface area contributed by atoms with Crippen LogP contribution in [0.25, 0.3) is 11.0 Å². The van der Waals surface area contributed by atoms with Gasteiger partial charge >= 0.3 is 0 Å². The SMILES string of the molecule is CC(Cl)c1nc2cc(F)ccc2n1Cc1sccc1Br. The highest BCUT2D eigenvalue weighted by atomic mass is 79.9. The highest BCUT2D eigenvalue weighted by Crippen LogP contribution is 2.29. The molecule has 2 nitrogen and oxygen atoms in total. The molecule has 2 aromatic heterocycles. The highest BCUT2D eigenvalue weighted by molar-refractivity contribution is 9.10. The van der Waals surface area contributed by atoms with Crippen molar-refractivity contribution in [1.29, 1.82) is 0 Å². The third-order valence-electron chi connectivity index (χ3n) is 3.09. The summed E-state index contributed by atoms with van der Waals surface area (Å²) in [6, 6.07) is 6.66. The first kappa shape index (κ1) is 14.0. The summed E-state index contributed by atoms with van der Waals surface area (Å²) >= 11 is 11.4. The van der Waals surface area contributed by atoms with Gasteiger partial charge in [0.15, 0.2) is 0 Å². The number of hydrogen-bond acceptors (Lipinski definition) is 2. The van der Waals surface area contributed by atoms with Crippen molar-refractivity contribution in [3.05, 3.63) is 50.6 Å². The summed E-state index contributed by atoms with van der Waals surface area (Å²) in [5.41, 5.74) is 1.54. The van der Waals surface area contributed by atoms with Crippen LogP contribution >= 0.6 is 38.9 Å². The maximum absolute atomic E-state index is 13.3. The van der Waals surface area contributed by atoms with Crippen molar-refractivity contribution in [2.75, 3.05) is 0 Å². The van der Waals surface area contributed by atoms with Gasteiger partial charge in [-0.25, -0.2) is 9.37 Å². The molecule has 20 heavy (non-hydrogen) atoms. The molecule has 0 N–H and O–H groups in total. The average Bonchev–Trinajstić information content (AvgIpc) is 2.95. The second-order valence-electron chi connectivity index (χ2n) is 4.50. The fourth-order valence-electron chi connectivity index (χ4n) is 2.17. The number of halogens is 3. The van der Waals surface area contributed by atoms with Crippen LogP contribution < -0.4 is 0 Å². The molecule has 3 rings (SSSR count). The van der Waals surface area contributed by atoms with E-state index >= 15 is 0 Å². The molecule has 0 saturated carbocycles. The van der Waals surface area contributed by atoms with Crippen molar-refractivity contribution in [2.45, 2.75) is 18.8 Å². The lowest BCUT2D eigenvalue weighted by atomic mass is 10.3. The molecule has 0 aliphatic carbocycles. The van der Waals surface area contributed by atoms with Crippen LogP contribution in [0.2, 0.25) is 0 Å². The normalized spacial score (nSPS) is 13.0. The van der Waals surface area contributed by atoms with Gasteiger partial charge in [0, 0.05) is 15.4 Å². The number of aromatic nitrogens is 2. The largest absolute Gasteiger partial charge is 0.321 e. The topological polar surface area (TPSA) is 17.8 Å². The van der Waals surface area contributed by atoms with Crippen LogP contribution in [-0.4, -0.2) is 9.55 Å². The molecule has 0 amide bonds. The van der Waals surface area contributed by atoms with Crippen LogP contribution in [0.5, 0.6) is 0 Å². The van der Waals surface area contributed by atoms with Crippen LogP contribution in [0, 0.1) is 5.82 Å². The Morgan fingerprint density at radius 3 is 2.90 bits per heavy atom. The molecule has 2 heterocycles. The van der Waals surface area contributed by atoms with Gasteiger partial charge in [-0.2, -0.15) is 0 Å². The van der Waals surface area contributed by atoms with E-state index in [2.05, 4.69) is 20.9 Å². The highest BCUT2D eigenvalue weighted by Gasteiger charge is 2.16. The molecule has 1 unspecified atom stereocenters. The van der Waals surface area contributed by atoms with E-state index in [0.717, 1.165) is 15.8 Å². The van der Waals surface area contributed by atoms with Gasteiger partial charge in [0.1, 0.15) is 11.6 Å². The molecule has 1 aromatic carbocycles. The van der Waals surface area contributed by atoms with Crippen LogP contribution in [0.3, 0.4) is 0 Å². The van der Waals surface area contributed by atoms with Gasteiger partial charge in [0.2, 0.25) is 0 Å². The minimum absolute atomic E-state index is 0.232. The summed E-state index contributed by atoms with van der Waals surface area (Å²) in [4.78, 5) is 5.65. The molecule has 0 spiro atoms. The van der Waals surface area contributed by atoms with Crippen molar-refractivity contribution in [2.24, 2.45) is 0 Å². The van der Waals surface area contributed by atoms with Gasteiger partial charge in [-0.1, -0.05) is 0 Å². The average molecular weight is 374 g/mol. The van der Waals surface area contributed by atoms with Crippen molar-refractivity contribution >= 4 is 49.9 Å². The fraction of sp³-hybridized carbons (Fsp3) is 0.214. The number of thiophene rings is 1. The summed E-state index contributed by atoms with van der Waals surface area (Å²) in [6.45, 7) is 2.55. The maximum Gasteiger partial charge on any atom is 0.128 e. The van der Waals surface area contributed by atoms with E-state index in [0.29, 0.717) is 12.1 Å². The zero-order chi connectivity index (χ0) is 14.3. The van der Waals surface area contributed by atoms with Crippen LogP contribution in [0.1, 0.15) is 23.0 Å². The van der Waals surface area contributed by atoms with E-state index in [4.69, 9.17) is 11.6 Å². The quantitative estimate of drug-likeness (QED) is 0.566. The van der Waals surface area contributed by atoms with Crippen molar-refractivity contribution in [3.8, 4) is 0 Å². The van der Waals surface area contributed by atoms with Gasteiger partial charge in [-0.3, -0.25) is 0 Å². The van der Waals surface area contributed by atoms with E-state index in [1.165, 1.54) is 17.0 Å².